The number of amides is 1. The van der Waals surface area contributed by atoms with E-state index in [1.54, 1.807) is 12.1 Å². The second-order valence-corrected chi connectivity index (χ2v) is 3.59. The molecule has 1 N–H and O–H groups in total. The summed E-state index contributed by atoms with van der Waals surface area (Å²) in [4.78, 5) is 11.6. The van der Waals surface area contributed by atoms with Gasteiger partial charge in [-0.1, -0.05) is 24.3 Å². The fraction of sp³-hybridized carbons (Fsp3) is 0.154. The summed E-state index contributed by atoms with van der Waals surface area (Å²) in [6.07, 6.45) is 1.49. The van der Waals surface area contributed by atoms with Gasteiger partial charge in [-0.25, -0.2) is 0 Å². The van der Waals surface area contributed by atoms with Gasteiger partial charge in [0.25, 0.3) is 5.91 Å². The molecule has 1 aromatic carbocycles. The molecule has 16 heavy (non-hydrogen) atoms. The maximum Gasteiger partial charge on any atom is 0.287 e. The molecule has 1 heterocycles. The molecule has 1 aromatic heterocycles. The molecule has 0 spiro atoms. The van der Waals surface area contributed by atoms with Crippen LogP contribution in [0.25, 0.3) is 0 Å². The van der Waals surface area contributed by atoms with Crippen LogP contribution in [0.4, 0.5) is 0 Å². The molecule has 2 rings (SSSR count). The van der Waals surface area contributed by atoms with Crippen LogP contribution in [0.15, 0.2) is 47.1 Å². The van der Waals surface area contributed by atoms with Gasteiger partial charge < -0.3 is 9.73 Å². The minimum absolute atomic E-state index is 0.187. The van der Waals surface area contributed by atoms with Crippen LogP contribution in [-0.4, -0.2) is 5.91 Å². The van der Waals surface area contributed by atoms with Crippen LogP contribution in [0.5, 0.6) is 0 Å². The third kappa shape index (κ3) is 2.31. The minimum atomic E-state index is -0.187. The summed E-state index contributed by atoms with van der Waals surface area (Å²) in [5, 5.41) is 2.81. The smallest absolute Gasteiger partial charge is 0.287 e. The number of rotatable bonds is 3. The molecule has 0 saturated carbocycles. The van der Waals surface area contributed by atoms with Gasteiger partial charge in [-0.3, -0.25) is 4.79 Å². The number of carbonyl (C=O) groups excluding carboxylic acids is 1. The molecule has 1 amide bonds. The van der Waals surface area contributed by atoms with Crippen LogP contribution < -0.4 is 5.32 Å². The molecular formula is C13H13NO2. The molecule has 0 aliphatic heterocycles. The van der Waals surface area contributed by atoms with Gasteiger partial charge in [-0.2, -0.15) is 0 Å². The van der Waals surface area contributed by atoms with E-state index >= 15 is 0 Å². The van der Waals surface area contributed by atoms with Crippen molar-refractivity contribution >= 4 is 5.91 Å². The minimum Gasteiger partial charge on any atom is -0.459 e. The fourth-order valence-corrected chi connectivity index (χ4v) is 1.48. The highest BCUT2D eigenvalue weighted by molar-refractivity contribution is 5.91. The van der Waals surface area contributed by atoms with Crippen molar-refractivity contribution in [2.45, 2.75) is 13.5 Å². The Morgan fingerprint density at radius 2 is 2.06 bits per heavy atom. The van der Waals surface area contributed by atoms with Gasteiger partial charge in [0.15, 0.2) is 5.76 Å². The van der Waals surface area contributed by atoms with Gasteiger partial charge >= 0.3 is 0 Å². The van der Waals surface area contributed by atoms with Gasteiger partial charge in [-0.15, -0.1) is 0 Å². The largest absolute Gasteiger partial charge is 0.459 e. The van der Waals surface area contributed by atoms with Crippen molar-refractivity contribution in [1.82, 2.24) is 5.32 Å². The Morgan fingerprint density at radius 3 is 2.75 bits per heavy atom. The van der Waals surface area contributed by atoms with E-state index < -0.39 is 0 Å². The Hall–Kier alpha value is -2.03. The van der Waals surface area contributed by atoms with Crippen molar-refractivity contribution in [2.24, 2.45) is 0 Å². The highest BCUT2D eigenvalue weighted by Crippen LogP contribution is 2.07. The number of furan rings is 1. The van der Waals surface area contributed by atoms with E-state index in [-0.39, 0.29) is 5.91 Å². The molecule has 0 saturated heterocycles. The normalized spacial score (nSPS) is 10.1. The van der Waals surface area contributed by atoms with Crippen molar-refractivity contribution in [2.75, 3.05) is 0 Å². The summed E-state index contributed by atoms with van der Waals surface area (Å²) in [5.41, 5.74) is 2.28. The zero-order chi connectivity index (χ0) is 11.4. The molecule has 0 unspecified atom stereocenters. The molecular weight excluding hydrogens is 202 g/mol. The lowest BCUT2D eigenvalue weighted by atomic mass is 10.1. The van der Waals surface area contributed by atoms with Crippen LogP contribution in [0.1, 0.15) is 21.7 Å². The number of nitrogens with one attached hydrogen (secondary N) is 1. The van der Waals surface area contributed by atoms with E-state index in [0.717, 1.165) is 5.56 Å². The molecule has 2 aromatic rings. The summed E-state index contributed by atoms with van der Waals surface area (Å²) in [6.45, 7) is 2.54. The molecule has 0 atom stereocenters. The first-order chi connectivity index (χ1) is 7.77. The molecule has 3 nitrogen and oxygen atoms in total. The predicted molar refractivity (Wildman–Crippen MR) is 61.1 cm³/mol. The number of hydrogen-bond donors (Lipinski definition) is 1. The lowest BCUT2D eigenvalue weighted by molar-refractivity contribution is 0.0923. The molecule has 0 aliphatic carbocycles. The maximum absolute atomic E-state index is 11.6. The Balaban J connectivity index is 1.98. The van der Waals surface area contributed by atoms with Gasteiger partial charge in [0.1, 0.15) is 0 Å². The molecule has 0 fully saturated rings. The van der Waals surface area contributed by atoms with E-state index in [1.165, 1.54) is 11.8 Å². The van der Waals surface area contributed by atoms with Crippen LogP contribution >= 0.6 is 0 Å². The van der Waals surface area contributed by atoms with Crippen molar-refractivity contribution in [3.8, 4) is 0 Å². The molecule has 82 valence electrons. The Labute approximate surface area is 94.1 Å². The first-order valence-electron chi connectivity index (χ1n) is 5.13. The van der Waals surface area contributed by atoms with Gasteiger partial charge in [-0.05, 0) is 30.2 Å². The van der Waals surface area contributed by atoms with Crippen molar-refractivity contribution in [1.29, 1.82) is 0 Å². The topological polar surface area (TPSA) is 42.2 Å². The first-order valence-corrected chi connectivity index (χ1v) is 5.13. The molecule has 0 radical (unpaired) electrons. The highest BCUT2D eigenvalue weighted by atomic mass is 16.3. The van der Waals surface area contributed by atoms with E-state index in [2.05, 4.69) is 5.32 Å². The van der Waals surface area contributed by atoms with Crippen molar-refractivity contribution in [3.63, 3.8) is 0 Å². The van der Waals surface area contributed by atoms with Gasteiger partial charge in [0.05, 0.1) is 6.26 Å². The van der Waals surface area contributed by atoms with Crippen LogP contribution in [0.3, 0.4) is 0 Å². The van der Waals surface area contributed by atoms with Crippen LogP contribution in [0, 0.1) is 6.92 Å². The van der Waals surface area contributed by atoms with E-state index in [1.807, 2.05) is 31.2 Å². The Kier molecular flexibility index (Phi) is 3.05. The van der Waals surface area contributed by atoms with Gasteiger partial charge in [0, 0.05) is 6.54 Å². The zero-order valence-corrected chi connectivity index (χ0v) is 9.07. The van der Waals surface area contributed by atoms with E-state index in [4.69, 9.17) is 4.42 Å². The monoisotopic (exact) mass is 215 g/mol. The number of carbonyl (C=O) groups is 1. The molecule has 0 bridgehead atoms. The second-order valence-electron chi connectivity index (χ2n) is 3.59. The maximum atomic E-state index is 11.6. The summed E-state index contributed by atoms with van der Waals surface area (Å²) in [5.74, 6) is 0.154. The van der Waals surface area contributed by atoms with Crippen LogP contribution in [0.2, 0.25) is 0 Å². The SMILES string of the molecule is Cc1ccccc1CNC(=O)c1ccco1. The molecule has 0 aliphatic rings. The zero-order valence-electron chi connectivity index (χ0n) is 9.07. The van der Waals surface area contributed by atoms with Crippen molar-refractivity contribution in [3.05, 3.63) is 59.5 Å². The van der Waals surface area contributed by atoms with E-state index in [9.17, 15) is 4.79 Å². The highest BCUT2D eigenvalue weighted by Gasteiger charge is 2.07. The molecule has 3 heteroatoms. The third-order valence-electron chi connectivity index (χ3n) is 2.45. The summed E-state index contributed by atoms with van der Waals surface area (Å²) in [7, 11) is 0. The Morgan fingerprint density at radius 1 is 1.25 bits per heavy atom. The first kappa shape index (κ1) is 10.5. The Bertz CT molecular complexity index is 474. The summed E-state index contributed by atoms with van der Waals surface area (Å²) in [6, 6.07) is 11.3. The van der Waals surface area contributed by atoms with Gasteiger partial charge in [0.2, 0.25) is 0 Å². The van der Waals surface area contributed by atoms with Crippen molar-refractivity contribution < 1.29 is 9.21 Å². The standard InChI is InChI=1S/C13H13NO2/c1-10-5-2-3-6-11(10)9-14-13(15)12-7-4-8-16-12/h2-8H,9H2,1H3,(H,14,15). The third-order valence-corrected chi connectivity index (χ3v) is 2.45. The van der Waals surface area contributed by atoms with Crippen LogP contribution in [-0.2, 0) is 6.54 Å². The van der Waals surface area contributed by atoms with E-state index in [0.29, 0.717) is 12.3 Å². The average Bonchev–Trinajstić information content (AvgIpc) is 2.81. The number of aryl methyl sites for hydroxylation is 1. The quantitative estimate of drug-likeness (QED) is 0.854. The average molecular weight is 215 g/mol. The lowest BCUT2D eigenvalue weighted by Crippen LogP contribution is -2.22. The number of hydrogen-bond acceptors (Lipinski definition) is 2. The fourth-order valence-electron chi connectivity index (χ4n) is 1.48. The second kappa shape index (κ2) is 4.66. The summed E-state index contributed by atoms with van der Waals surface area (Å²) >= 11 is 0. The lowest BCUT2D eigenvalue weighted by Gasteiger charge is -2.06. The summed E-state index contributed by atoms with van der Waals surface area (Å²) < 4.78 is 5.00. The number of benzene rings is 1. The predicted octanol–water partition coefficient (Wildman–Crippen LogP) is 2.52.